The number of ether oxygens (including phenoxy) is 1. The number of nitrogens with one attached hydrogen (secondary N) is 1. The summed E-state index contributed by atoms with van der Waals surface area (Å²) in [4.78, 5) is 24.6. The van der Waals surface area contributed by atoms with Crippen LogP contribution in [0.15, 0.2) is 18.2 Å². The van der Waals surface area contributed by atoms with Crippen LogP contribution in [0.2, 0.25) is 5.02 Å². The van der Waals surface area contributed by atoms with E-state index in [1.54, 1.807) is 11.0 Å². The Labute approximate surface area is 115 Å². The van der Waals surface area contributed by atoms with Crippen LogP contribution in [-0.4, -0.2) is 43.1 Å². The van der Waals surface area contributed by atoms with E-state index in [0.717, 1.165) is 0 Å². The van der Waals surface area contributed by atoms with Crippen molar-refractivity contribution in [3.8, 4) is 0 Å². The molecule has 0 aromatic heterocycles. The Morgan fingerprint density at radius 3 is 2.89 bits per heavy atom. The van der Waals surface area contributed by atoms with Gasteiger partial charge in [-0.25, -0.2) is 9.59 Å². The van der Waals surface area contributed by atoms with Crippen molar-refractivity contribution in [2.45, 2.75) is 0 Å². The summed E-state index contributed by atoms with van der Waals surface area (Å²) in [6, 6.07) is 4.40. The van der Waals surface area contributed by atoms with Crippen LogP contribution in [0, 0.1) is 0 Å². The third-order valence-electron chi connectivity index (χ3n) is 2.70. The van der Waals surface area contributed by atoms with Crippen LogP contribution < -0.4 is 11.1 Å². The molecule has 19 heavy (non-hydrogen) atoms. The van der Waals surface area contributed by atoms with Gasteiger partial charge in [-0.15, -0.1) is 0 Å². The summed E-state index contributed by atoms with van der Waals surface area (Å²) in [5.74, 6) is -0.506. The molecule has 0 saturated carbocycles. The zero-order chi connectivity index (χ0) is 13.8. The van der Waals surface area contributed by atoms with E-state index in [-0.39, 0.29) is 12.6 Å². The highest BCUT2D eigenvalue weighted by atomic mass is 35.5. The lowest BCUT2D eigenvalue weighted by atomic mass is 10.2. The SMILES string of the molecule is Nc1cc(Cl)cc(C(=O)OCCN2CCNC2=O)c1. The maximum Gasteiger partial charge on any atom is 0.338 e. The quantitative estimate of drug-likeness (QED) is 0.640. The number of amides is 2. The van der Waals surface area contributed by atoms with Crippen molar-refractivity contribution in [1.82, 2.24) is 10.2 Å². The van der Waals surface area contributed by atoms with E-state index < -0.39 is 5.97 Å². The van der Waals surface area contributed by atoms with Gasteiger partial charge in [0.25, 0.3) is 0 Å². The van der Waals surface area contributed by atoms with Crippen molar-refractivity contribution in [1.29, 1.82) is 0 Å². The van der Waals surface area contributed by atoms with Gasteiger partial charge in [-0.1, -0.05) is 11.6 Å². The van der Waals surface area contributed by atoms with E-state index in [4.69, 9.17) is 22.1 Å². The van der Waals surface area contributed by atoms with E-state index in [1.807, 2.05) is 0 Å². The number of halogens is 1. The third kappa shape index (κ3) is 3.51. The molecule has 2 amide bonds. The molecule has 1 aromatic carbocycles. The Morgan fingerprint density at radius 1 is 1.47 bits per heavy atom. The van der Waals surface area contributed by atoms with Gasteiger partial charge in [0, 0.05) is 23.8 Å². The van der Waals surface area contributed by atoms with Gasteiger partial charge in [0.05, 0.1) is 12.1 Å². The molecule has 1 fully saturated rings. The second-order valence-electron chi connectivity index (χ2n) is 4.13. The minimum Gasteiger partial charge on any atom is -0.460 e. The molecule has 1 saturated heterocycles. The lowest BCUT2D eigenvalue weighted by Crippen LogP contribution is -2.31. The van der Waals surface area contributed by atoms with Gasteiger partial charge in [0.1, 0.15) is 6.61 Å². The first-order valence-corrected chi connectivity index (χ1v) is 6.20. The lowest BCUT2D eigenvalue weighted by molar-refractivity contribution is 0.0481. The summed E-state index contributed by atoms with van der Waals surface area (Å²) in [5, 5.41) is 3.05. The summed E-state index contributed by atoms with van der Waals surface area (Å²) < 4.78 is 5.07. The molecule has 0 spiro atoms. The minimum atomic E-state index is -0.506. The topological polar surface area (TPSA) is 84.7 Å². The summed E-state index contributed by atoms with van der Waals surface area (Å²) in [6.45, 7) is 1.75. The highest BCUT2D eigenvalue weighted by Gasteiger charge is 2.19. The Balaban J connectivity index is 1.85. The average Bonchev–Trinajstić information content (AvgIpc) is 2.74. The second kappa shape index (κ2) is 5.79. The van der Waals surface area contributed by atoms with Crippen molar-refractivity contribution >= 4 is 29.3 Å². The summed E-state index contributed by atoms with van der Waals surface area (Å²) in [6.07, 6.45) is 0. The Morgan fingerprint density at radius 2 is 2.26 bits per heavy atom. The molecule has 3 N–H and O–H groups in total. The highest BCUT2D eigenvalue weighted by molar-refractivity contribution is 6.31. The lowest BCUT2D eigenvalue weighted by Gasteiger charge is -2.13. The molecule has 0 bridgehead atoms. The van der Waals surface area contributed by atoms with Gasteiger partial charge < -0.3 is 20.7 Å². The van der Waals surface area contributed by atoms with Crippen molar-refractivity contribution in [2.75, 3.05) is 32.0 Å². The molecule has 1 aliphatic rings. The molecular formula is C12H14ClN3O3. The maximum atomic E-state index is 11.7. The number of nitrogens with two attached hydrogens (primary N) is 1. The number of nitrogens with zero attached hydrogens (tertiary/aromatic N) is 1. The summed E-state index contributed by atoms with van der Waals surface area (Å²) in [7, 11) is 0. The van der Waals surface area contributed by atoms with E-state index >= 15 is 0 Å². The van der Waals surface area contributed by atoms with Gasteiger partial charge in [-0.05, 0) is 18.2 Å². The predicted octanol–water partition coefficient (Wildman–Crippen LogP) is 1.10. The monoisotopic (exact) mass is 283 g/mol. The van der Waals surface area contributed by atoms with Crippen LogP contribution in [0.5, 0.6) is 0 Å². The van der Waals surface area contributed by atoms with Crippen LogP contribution in [0.1, 0.15) is 10.4 Å². The minimum absolute atomic E-state index is 0.136. The van der Waals surface area contributed by atoms with Gasteiger partial charge >= 0.3 is 12.0 Å². The van der Waals surface area contributed by atoms with Crippen LogP contribution in [0.4, 0.5) is 10.5 Å². The zero-order valence-electron chi connectivity index (χ0n) is 10.2. The largest absolute Gasteiger partial charge is 0.460 e. The molecule has 0 radical (unpaired) electrons. The fourth-order valence-electron chi connectivity index (χ4n) is 1.79. The van der Waals surface area contributed by atoms with Crippen LogP contribution in [0.3, 0.4) is 0 Å². The number of carbonyl (C=O) groups excluding carboxylic acids is 2. The smallest absolute Gasteiger partial charge is 0.338 e. The molecule has 0 atom stereocenters. The zero-order valence-corrected chi connectivity index (χ0v) is 10.9. The molecule has 2 rings (SSSR count). The number of carbonyl (C=O) groups is 2. The Bertz CT molecular complexity index is 487. The molecule has 1 heterocycles. The Kier molecular flexibility index (Phi) is 4.11. The summed E-state index contributed by atoms with van der Waals surface area (Å²) in [5.41, 5.74) is 6.29. The van der Waals surface area contributed by atoms with Gasteiger partial charge in [-0.3, -0.25) is 0 Å². The molecule has 7 heteroatoms. The highest BCUT2D eigenvalue weighted by Crippen LogP contribution is 2.17. The molecule has 1 aromatic rings. The normalized spacial score (nSPS) is 14.4. The molecular weight excluding hydrogens is 270 g/mol. The van der Waals surface area contributed by atoms with E-state index in [1.165, 1.54) is 12.1 Å². The van der Waals surface area contributed by atoms with Gasteiger partial charge in [-0.2, -0.15) is 0 Å². The van der Waals surface area contributed by atoms with E-state index in [2.05, 4.69) is 5.32 Å². The number of rotatable bonds is 4. The molecule has 6 nitrogen and oxygen atoms in total. The first-order valence-electron chi connectivity index (χ1n) is 5.82. The van der Waals surface area contributed by atoms with Crippen molar-refractivity contribution in [3.63, 3.8) is 0 Å². The number of anilines is 1. The standard InChI is InChI=1S/C12H14ClN3O3/c13-9-5-8(6-10(14)7-9)11(17)19-4-3-16-2-1-15-12(16)18/h5-7H,1-4,14H2,(H,15,18). The Hall–Kier alpha value is -1.95. The van der Waals surface area contributed by atoms with Gasteiger partial charge in [0.2, 0.25) is 0 Å². The molecule has 102 valence electrons. The van der Waals surface area contributed by atoms with E-state index in [9.17, 15) is 9.59 Å². The fraction of sp³-hybridized carbons (Fsp3) is 0.333. The predicted molar refractivity (Wildman–Crippen MR) is 71.1 cm³/mol. The van der Waals surface area contributed by atoms with Crippen LogP contribution in [-0.2, 0) is 4.74 Å². The van der Waals surface area contributed by atoms with Gasteiger partial charge in [0.15, 0.2) is 0 Å². The second-order valence-corrected chi connectivity index (χ2v) is 4.56. The number of hydrogen-bond acceptors (Lipinski definition) is 4. The molecule has 0 unspecified atom stereocenters. The van der Waals surface area contributed by atoms with Crippen molar-refractivity contribution in [2.24, 2.45) is 0 Å². The molecule has 1 aliphatic heterocycles. The van der Waals surface area contributed by atoms with Crippen molar-refractivity contribution < 1.29 is 14.3 Å². The number of benzene rings is 1. The first kappa shape index (κ1) is 13.5. The first-order chi connectivity index (χ1) is 9.06. The summed E-state index contributed by atoms with van der Waals surface area (Å²) >= 11 is 5.80. The fourth-order valence-corrected chi connectivity index (χ4v) is 2.03. The number of hydrogen-bond donors (Lipinski definition) is 2. The van der Waals surface area contributed by atoms with Crippen LogP contribution >= 0.6 is 11.6 Å². The van der Waals surface area contributed by atoms with Crippen LogP contribution in [0.25, 0.3) is 0 Å². The third-order valence-corrected chi connectivity index (χ3v) is 2.91. The number of nitrogen functional groups attached to an aromatic ring is 1. The molecule has 0 aliphatic carbocycles. The van der Waals surface area contributed by atoms with Crippen molar-refractivity contribution in [3.05, 3.63) is 28.8 Å². The average molecular weight is 284 g/mol. The number of urea groups is 1. The van der Waals surface area contributed by atoms with E-state index in [0.29, 0.717) is 35.9 Å². The number of esters is 1. The maximum absolute atomic E-state index is 11.7.